The number of amides is 2. The van der Waals surface area contributed by atoms with Gasteiger partial charge >= 0.3 is 12.3 Å². The van der Waals surface area contributed by atoms with Gasteiger partial charge < -0.3 is 15.0 Å². The van der Waals surface area contributed by atoms with Crippen molar-refractivity contribution in [2.75, 3.05) is 19.6 Å². The Morgan fingerprint density at radius 2 is 1.75 bits per heavy atom. The molecule has 40 heavy (non-hydrogen) atoms. The van der Waals surface area contributed by atoms with Crippen molar-refractivity contribution in [2.24, 2.45) is 11.8 Å². The van der Waals surface area contributed by atoms with Crippen LogP contribution in [-0.4, -0.2) is 52.0 Å². The highest BCUT2D eigenvalue weighted by Crippen LogP contribution is 2.39. The van der Waals surface area contributed by atoms with Gasteiger partial charge in [0.2, 0.25) is 0 Å². The Bertz CT molecular complexity index is 1200. The molecule has 4 rings (SSSR count). The van der Waals surface area contributed by atoms with Crippen molar-refractivity contribution in [3.8, 4) is 0 Å². The lowest BCUT2D eigenvalue weighted by molar-refractivity contribution is -0.137. The third-order valence-electron chi connectivity index (χ3n) is 7.43. The summed E-state index contributed by atoms with van der Waals surface area (Å²) >= 11 is 0. The molecule has 10 heteroatoms. The van der Waals surface area contributed by atoms with Gasteiger partial charge in [-0.15, -0.1) is 0 Å². The number of alkyl halides is 3. The molecule has 7 nitrogen and oxygen atoms in total. The summed E-state index contributed by atoms with van der Waals surface area (Å²) in [5, 5.41) is 3.03. The molecular formula is C30H39F3N4O3. The van der Waals surface area contributed by atoms with Crippen LogP contribution in [0.25, 0.3) is 0 Å². The second kappa shape index (κ2) is 11.8. The molecule has 1 fully saturated rings. The highest BCUT2D eigenvalue weighted by Gasteiger charge is 2.35. The summed E-state index contributed by atoms with van der Waals surface area (Å²) in [7, 11) is 0. The quantitative estimate of drug-likeness (QED) is 0.456. The molecule has 1 saturated heterocycles. The van der Waals surface area contributed by atoms with Crippen LogP contribution >= 0.6 is 0 Å². The molecule has 0 spiro atoms. The Hall–Kier alpha value is -3.14. The SMILES string of the molecule is CC(C)C1c2ncc(C(=O)NCC3CCN(C(=O)OC(C)(C)C)CC3)cc2CN1Cc1ccc(C(F)(F)F)cc1. The van der Waals surface area contributed by atoms with E-state index in [0.29, 0.717) is 38.3 Å². The summed E-state index contributed by atoms with van der Waals surface area (Å²) in [6.07, 6.45) is -1.47. The van der Waals surface area contributed by atoms with Crippen molar-refractivity contribution >= 4 is 12.0 Å². The number of pyridine rings is 1. The normalized spacial score (nSPS) is 18.6. The summed E-state index contributed by atoms with van der Waals surface area (Å²) in [5.41, 5.74) is 1.97. The minimum Gasteiger partial charge on any atom is -0.444 e. The molecule has 2 aromatic rings. The molecule has 1 N–H and O–H groups in total. The van der Waals surface area contributed by atoms with Gasteiger partial charge in [-0.1, -0.05) is 26.0 Å². The van der Waals surface area contributed by atoms with Gasteiger partial charge in [0.25, 0.3) is 5.91 Å². The molecule has 1 atom stereocenters. The van der Waals surface area contributed by atoms with Gasteiger partial charge in [-0.3, -0.25) is 14.7 Å². The molecule has 2 amide bonds. The van der Waals surface area contributed by atoms with E-state index in [1.165, 1.54) is 12.1 Å². The number of ether oxygens (including phenoxy) is 1. The standard InChI is InChI=1S/C30H39F3N4O3/c1-19(2)26-25-23(18-37(26)17-21-6-8-24(9-7-21)30(31,32)33)14-22(16-34-25)27(38)35-15-20-10-12-36(13-11-20)28(39)40-29(3,4)5/h6-9,14,16,19-20,26H,10-13,15,17-18H2,1-5H3,(H,35,38). The van der Waals surface area contributed by atoms with Gasteiger partial charge in [0.1, 0.15) is 5.60 Å². The van der Waals surface area contributed by atoms with E-state index in [1.54, 1.807) is 11.1 Å². The van der Waals surface area contributed by atoms with E-state index in [9.17, 15) is 22.8 Å². The number of carbonyl (C=O) groups excluding carboxylic acids is 2. The molecule has 2 aliphatic heterocycles. The van der Waals surface area contributed by atoms with Crippen LogP contribution in [0.3, 0.4) is 0 Å². The Morgan fingerprint density at radius 3 is 2.33 bits per heavy atom. The third-order valence-corrected chi connectivity index (χ3v) is 7.43. The fourth-order valence-corrected chi connectivity index (χ4v) is 5.44. The summed E-state index contributed by atoms with van der Waals surface area (Å²) in [6, 6.07) is 7.16. The van der Waals surface area contributed by atoms with Gasteiger partial charge in [-0.2, -0.15) is 13.2 Å². The number of nitrogens with one attached hydrogen (secondary N) is 1. The van der Waals surface area contributed by atoms with Crippen molar-refractivity contribution < 1.29 is 27.5 Å². The molecule has 0 radical (unpaired) electrons. The van der Waals surface area contributed by atoms with Gasteiger partial charge in [0.15, 0.2) is 0 Å². The Labute approximate surface area is 234 Å². The van der Waals surface area contributed by atoms with Crippen LogP contribution in [-0.2, 0) is 24.0 Å². The fraction of sp³-hybridized carbons (Fsp3) is 0.567. The first-order chi connectivity index (χ1) is 18.7. The molecule has 218 valence electrons. The number of aromatic nitrogens is 1. The zero-order chi connectivity index (χ0) is 29.2. The minimum absolute atomic E-state index is 0.00422. The van der Waals surface area contributed by atoms with Crippen molar-refractivity contribution in [1.82, 2.24) is 20.1 Å². The number of carbonyl (C=O) groups is 2. The third kappa shape index (κ3) is 7.33. The maximum absolute atomic E-state index is 13.0. The van der Waals surface area contributed by atoms with Crippen LogP contribution in [0.1, 0.15) is 86.2 Å². The van der Waals surface area contributed by atoms with Crippen molar-refractivity contribution in [3.05, 3.63) is 64.5 Å². The summed E-state index contributed by atoms with van der Waals surface area (Å²) in [4.78, 5) is 33.8. The average molecular weight is 561 g/mol. The number of likely N-dealkylation sites (tertiary alicyclic amines) is 1. The second-order valence-electron chi connectivity index (χ2n) is 12.2. The van der Waals surface area contributed by atoms with E-state index < -0.39 is 17.3 Å². The van der Waals surface area contributed by atoms with E-state index in [0.717, 1.165) is 41.8 Å². The molecular weight excluding hydrogens is 521 g/mol. The highest BCUT2D eigenvalue weighted by atomic mass is 19.4. The molecule has 3 heterocycles. The van der Waals surface area contributed by atoms with Gasteiger partial charge in [-0.05, 0) is 74.8 Å². The van der Waals surface area contributed by atoms with E-state index in [4.69, 9.17) is 4.74 Å². The van der Waals surface area contributed by atoms with E-state index in [1.807, 2.05) is 26.8 Å². The maximum atomic E-state index is 13.0. The van der Waals surface area contributed by atoms with Crippen molar-refractivity contribution in [1.29, 1.82) is 0 Å². The van der Waals surface area contributed by atoms with Crippen molar-refractivity contribution in [3.63, 3.8) is 0 Å². The zero-order valence-electron chi connectivity index (χ0n) is 23.8. The lowest BCUT2D eigenvalue weighted by atomic mass is 9.97. The van der Waals surface area contributed by atoms with E-state index in [-0.39, 0.29) is 29.9 Å². The maximum Gasteiger partial charge on any atom is 0.416 e. The number of rotatable bonds is 6. The lowest BCUT2D eigenvalue weighted by Crippen LogP contribution is -2.43. The van der Waals surface area contributed by atoms with Gasteiger partial charge in [-0.25, -0.2) is 4.79 Å². The first-order valence-electron chi connectivity index (χ1n) is 13.9. The monoisotopic (exact) mass is 560 g/mol. The van der Waals surface area contributed by atoms with Crippen LogP contribution in [0, 0.1) is 11.8 Å². The Balaban J connectivity index is 1.34. The molecule has 0 bridgehead atoms. The van der Waals surface area contributed by atoms with Crippen LogP contribution in [0.5, 0.6) is 0 Å². The van der Waals surface area contributed by atoms with Gasteiger partial charge in [0.05, 0.1) is 22.9 Å². The number of piperidine rings is 1. The molecule has 0 aliphatic carbocycles. The average Bonchev–Trinajstić information content (AvgIpc) is 3.23. The topological polar surface area (TPSA) is 74.8 Å². The second-order valence-corrected chi connectivity index (χ2v) is 12.2. The number of benzene rings is 1. The molecule has 1 unspecified atom stereocenters. The summed E-state index contributed by atoms with van der Waals surface area (Å²) in [5.74, 6) is 0.316. The number of hydrogen-bond donors (Lipinski definition) is 1. The largest absolute Gasteiger partial charge is 0.444 e. The van der Waals surface area contributed by atoms with E-state index >= 15 is 0 Å². The first kappa shape index (κ1) is 29.8. The van der Waals surface area contributed by atoms with Gasteiger partial charge in [0, 0.05) is 38.9 Å². The molecule has 2 aliphatic rings. The minimum atomic E-state index is -4.36. The lowest BCUT2D eigenvalue weighted by Gasteiger charge is -2.33. The predicted octanol–water partition coefficient (Wildman–Crippen LogP) is 6.19. The first-order valence-corrected chi connectivity index (χ1v) is 13.9. The van der Waals surface area contributed by atoms with E-state index in [2.05, 4.69) is 29.0 Å². The number of hydrogen-bond acceptors (Lipinski definition) is 5. The fourth-order valence-electron chi connectivity index (χ4n) is 5.44. The Kier molecular flexibility index (Phi) is 8.77. The highest BCUT2D eigenvalue weighted by molar-refractivity contribution is 5.94. The number of fused-ring (bicyclic) bond motifs is 1. The number of halogens is 3. The smallest absolute Gasteiger partial charge is 0.416 e. The molecule has 0 saturated carbocycles. The zero-order valence-corrected chi connectivity index (χ0v) is 23.8. The molecule has 1 aromatic carbocycles. The van der Waals surface area contributed by atoms with Crippen LogP contribution < -0.4 is 5.32 Å². The predicted molar refractivity (Wildman–Crippen MR) is 145 cm³/mol. The number of nitrogens with zero attached hydrogens (tertiary/aromatic N) is 3. The van der Waals surface area contributed by atoms with Crippen LogP contribution in [0.2, 0.25) is 0 Å². The summed E-state index contributed by atoms with van der Waals surface area (Å²) < 4.78 is 44.3. The van der Waals surface area contributed by atoms with Crippen LogP contribution in [0.4, 0.5) is 18.0 Å². The summed E-state index contributed by atoms with van der Waals surface area (Å²) in [6.45, 7) is 12.5. The van der Waals surface area contributed by atoms with Crippen LogP contribution in [0.15, 0.2) is 36.5 Å². The Morgan fingerprint density at radius 1 is 1.10 bits per heavy atom. The molecule has 1 aromatic heterocycles. The van der Waals surface area contributed by atoms with Crippen molar-refractivity contribution in [2.45, 2.75) is 78.4 Å².